The van der Waals surface area contributed by atoms with Crippen LogP contribution in [-0.4, -0.2) is 44.5 Å². The standard InChI is InChI=1S/C28H26N6O2/c1-29-27(35)26-23-15-9-10-16-24(23)28(36)34(31-26)19-32(2)17-21-18-33(22-13-7-4-8-14-22)30-25(21)20-11-5-3-6-12-20/h3-16,18H,17,19H2,1-2H3,(H,29,35). The maximum Gasteiger partial charge on any atom is 0.275 e. The Morgan fingerprint density at radius 2 is 1.53 bits per heavy atom. The van der Waals surface area contributed by atoms with E-state index in [9.17, 15) is 9.59 Å². The van der Waals surface area contributed by atoms with Crippen molar-refractivity contribution in [2.24, 2.45) is 0 Å². The van der Waals surface area contributed by atoms with Crippen molar-refractivity contribution in [1.29, 1.82) is 0 Å². The summed E-state index contributed by atoms with van der Waals surface area (Å²) in [6.07, 6.45) is 2.01. The van der Waals surface area contributed by atoms with Crippen molar-refractivity contribution >= 4 is 16.7 Å². The molecule has 0 saturated heterocycles. The molecule has 0 unspecified atom stereocenters. The number of benzene rings is 3. The van der Waals surface area contributed by atoms with E-state index in [4.69, 9.17) is 5.10 Å². The Morgan fingerprint density at radius 3 is 2.22 bits per heavy atom. The van der Waals surface area contributed by atoms with E-state index in [1.165, 1.54) is 4.68 Å². The average Bonchev–Trinajstić information content (AvgIpc) is 3.34. The molecule has 8 nitrogen and oxygen atoms in total. The van der Waals surface area contributed by atoms with E-state index in [-0.39, 0.29) is 23.8 Å². The summed E-state index contributed by atoms with van der Waals surface area (Å²) < 4.78 is 3.21. The van der Waals surface area contributed by atoms with Crippen LogP contribution in [0.2, 0.25) is 0 Å². The lowest BCUT2D eigenvalue weighted by atomic mass is 10.1. The Balaban J connectivity index is 1.50. The fourth-order valence-electron chi connectivity index (χ4n) is 4.26. The zero-order valence-corrected chi connectivity index (χ0v) is 20.1. The SMILES string of the molecule is CNC(=O)c1nn(CN(C)Cc2cn(-c3ccccc3)nc2-c2ccccc2)c(=O)c2ccccc12. The number of rotatable bonds is 7. The van der Waals surface area contributed by atoms with Gasteiger partial charge in [0.1, 0.15) is 0 Å². The molecule has 0 aliphatic rings. The summed E-state index contributed by atoms with van der Waals surface area (Å²) in [7, 11) is 3.47. The van der Waals surface area contributed by atoms with Crippen molar-refractivity contribution in [3.8, 4) is 16.9 Å². The lowest BCUT2D eigenvalue weighted by molar-refractivity contribution is 0.0956. The molecule has 0 bridgehead atoms. The Kier molecular flexibility index (Phi) is 6.42. The van der Waals surface area contributed by atoms with Gasteiger partial charge in [0.05, 0.1) is 23.4 Å². The molecule has 2 heterocycles. The second-order valence-electron chi connectivity index (χ2n) is 8.58. The van der Waals surface area contributed by atoms with Crippen molar-refractivity contribution in [2.75, 3.05) is 14.1 Å². The number of para-hydroxylation sites is 1. The highest BCUT2D eigenvalue weighted by atomic mass is 16.2. The smallest absolute Gasteiger partial charge is 0.275 e. The molecule has 0 spiro atoms. The first-order chi connectivity index (χ1) is 17.5. The molecule has 1 amide bonds. The van der Waals surface area contributed by atoms with Gasteiger partial charge in [-0.05, 0) is 25.2 Å². The number of carbonyl (C=O) groups is 1. The number of hydrogen-bond acceptors (Lipinski definition) is 5. The van der Waals surface area contributed by atoms with Crippen LogP contribution >= 0.6 is 0 Å². The molecule has 0 aliphatic heterocycles. The Hall–Kier alpha value is -4.56. The molecule has 0 radical (unpaired) electrons. The van der Waals surface area contributed by atoms with Gasteiger partial charge < -0.3 is 5.32 Å². The zero-order chi connectivity index (χ0) is 25.1. The first-order valence-corrected chi connectivity index (χ1v) is 11.6. The fraction of sp³-hybridized carbons (Fsp3) is 0.143. The van der Waals surface area contributed by atoms with Crippen molar-refractivity contribution in [3.63, 3.8) is 0 Å². The highest BCUT2D eigenvalue weighted by molar-refractivity contribution is 6.04. The predicted molar refractivity (Wildman–Crippen MR) is 140 cm³/mol. The molecule has 180 valence electrons. The minimum Gasteiger partial charge on any atom is -0.354 e. The van der Waals surface area contributed by atoms with Gasteiger partial charge in [0.25, 0.3) is 11.5 Å². The first-order valence-electron chi connectivity index (χ1n) is 11.6. The summed E-state index contributed by atoms with van der Waals surface area (Å²) in [6, 6.07) is 27.0. The third kappa shape index (κ3) is 4.54. The lowest BCUT2D eigenvalue weighted by Gasteiger charge is -2.18. The van der Waals surface area contributed by atoms with Gasteiger partial charge in [-0.25, -0.2) is 9.36 Å². The fourth-order valence-corrected chi connectivity index (χ4v) is 4.26. The van der Waals surface area contributed by atoms with Gasteiger partial charge in [-0.2, -0.15) is 10.2 Å². The van der Waals surface area contributed by atoms with Gasteiger partial charge in [0, 0.05) is 36.3 Å². The van der Waals surface area contributed by atoms with E-state index in [0.717, 1.165) is 22.5 Å². The Bertz CT molecular complexity index is 1570. The van der Waals surface area contributed by atoms with E-state index < -0.39 is 0 Å². The molecule has 1 N–H and O–H groups in total. The van der Waals surface area contributed by atoms with Gasteiger partial charge in [-0.1, -0.05) is 66.7 Å². The van der Waals surface area contributed by atoms with Gasteiger partial charge in [0.2, 0.25) is 0 Å². The second-order valence-corrected chi connectivity index (χ2v) is 8.58. The third-order valence-corrected chi connectivity index (χ3v) is 5.98. The van der Waals surface area contributed by atoms with Crippen LogP contribution in [0.3, 0.4) is 0 Å². The Labute approximate surface area is 208 Å². The van der Waals surface area contributed by atoms with Crippen molar-refractivity contribution in [1.82, 2.24) is 29.8 Å². The van der Waals surface area contributed by atoms with E-state index in [1.807, 2.05) is 83.5 Å². The van der Waals surface area contributed by atoms with Gasteiger partial charge in [-0.15, -0.1) is 0 Å². The average molecular weight is 479 g/mol. The molecule has 2 aromatic heterocycles. The first kappa shape index (κ1) is 23.2. The molecule has 5 aromatic rings. The van der Waals surface area contributed by atoms with Crippen LogP contribution in [-0.2, 0) is 13.2 Å². The van der Waals surface area contributed by atoms with Gasteiger partial charge >= 0.3 is 0 Å². The van der Waals surface area contributed by atoms with Crippen LogP contribution in [0.25, 0.3) is 27.7 Å². The molecule has 8 heteroatoms. The van der Waals surface area contributed by atoms with Crippen LogP contribution in [0.5, 0.6) is 0 Å². The highest BCUT2D eigenvalue weighted by Gasteiger charge is 2.18. The number of nitrogens with one attached hydrogen (secondary N) is 1. The number of fused-ring (bicyclic) bond motifs is 1. The summed E-state index contributed by atoms with van der Waals surface area (Å²) in [5.74, 6) is -0.335. The van der Waals surface area contributed by atoms with Crippen molar-refractivity contribution in [2.45, 2.75) is 13.2 Å². The van der Waals surface area contributed by atoms with E-state index in [0.29, 0.717) is 17.3 Å². The number of carbonyl (C=O) groups excluding carboxylic acids is 1. The molecule has 0 saturated carbocycles. The molecule has 0 aliphatic carbocycles. The molecule has 0 atom stereocenters. The molecule has 36 heavy (non-hydrogen) atoms. The van der Waals surface area contributed by atoms with Crippen LogP contribution < -0.4 is 10.9 Å². The summed E-state index contributed by atoms with van der Waals surface area (Å²) >= 11 is 0. The van der Waals surface area contributed by atoms with Gasteiger partial charge in [-0.3, -0.25) is 14.5 Å². The molecule has 0 fully saturated rings. The quantitative estimate of drug-likeness (QED) is 0.386. The lowest BCUT2D eigenvalue weighted by Crippen LogP contribution is -2.34. The van der Waals surface area contributed by atoms with E-state index >= 15 is 0 Å². The van der Waals surface area contributed by atoms with Crippen LogP contribution in [0.4, 0.5) is 0 Å². The normalized spacial score (nSPS) is 11.2. The zero-order valence-electron chi connectivity index (χ0n) is 20.1. The largest absolute Gasteiger partial charge is 0.354 e. The molecular weight excluding hydrogens is 452 g/mol. The van der Waals surface area contributed by atoms with Crippen molar-refractivity contribution in [3.05, 3.63) is 113 Å². The third-order valence-electron chi connectivity index (χ3n) is 5.98. The number of aromatic nitrogens is 4. The second kappa shape index (κ2) is 9.97. The van der Waals surface area contributed by atoms with Gasteiger partial charge in [0.15, 0.2) is 5.69 Å². The number of amides is 1. The summed E-state index contributed by atoms with van der Waals surface area (Å²) in [6.45, 7) is 0.728. The van der Waals surface area contributed by atoms with Crippen molar-refractivity contribution < 1.29 is 4.79 Å². The topological polar surface area (TPSA) is 85.1 Å². The van der Waals surface area contributed by atoms with Crippen LogP contribution in [0.15, 0.2) is 95.9 Å². The maximum atomic E-state index is 13.2. The number of nitrogens with zero attached hydrogens (tertiary/aromatic N) is 5. The molecule has 5 rings (SSSR count). The predicted octanol–water partition coefficient (Wildman–Crippen LogP) is 3.70. The minimum absolute atomic E-state index is 0.207. The Morgan fingerprint density at radius 1 is 0.889 bits per heavy atom. The maximum absolute atomic E-state index is 13.2. The van der Waals surface area contributed by atoms with Crippen LogP contribution in [0, 0.1) is 0 Å². The summed E-state index contributed by atoms with van der Waals surface area (Å²) in [4.78, 5) is 27.7. The summed E-state index contributed by atoms with van der Waals surface area (Å²) in [5, 5.41) is 12.9. The van der Waals surface area contributed by atoms with E-state index in [1.54, 1.807) is 31.3 Å². The van der Waals surface area contributed by atoms with E-state index in [2.05, 4.69) is 10.4 Å². The van der Waals surface area contributed by atoms with Crippen LogP contribution in [0.1, 0.15) is 16.1 Å². The highest BCUT2D eigenvalue weighted by Crippen LogP contribution is 2.25. The monoisotopic (exact) mass is 478 g/mol. The minimum atomic E-state index is -0.335. The molecule has 3 aromatic carbocycles. The number of hydrogen-bond donors (Lipinski definition) is 1. The summed E-state index contributed by atoms with van der Waals surface area (Å²) in [5.41, 5.74) is 3.84. The molecular formula is C28H26N6O2.